The van der Waals surface area contributed by atoms with E-state index in [1.807, 2.05) is 12.1 Å². The summed E-state index contributed by atoms with van der Waals surface area (Å²) in [7, 11) is 0. The Kier molecular flexibility index (Phi) is 3.18. The molecule has 1 aromatic heterocycles. The van der Waals surface area contributed by atoms with Gasteiger partial charge in [0.15, 0.2) is 0 Å². The SMILES string of the molecule is NCCN(Cc1ccco1)C1COC1. The van der Waals surface area contributed by atoms with Crippen molar-refractivity contribution in [1.82, 2.24) is 4.90 Å². The Morgan fingerprint density at radius 3 is 2.86 bits per heavy atom. The van der Waals surface area contributed by atoms with E-state index in [1.54, 1.807) is 6.26 Å². The van der Waals surface area contributed by atoms with Gasteiger partial charge in [-0.15, -0.1) is 0 Å². The highest BCUT2D eigenvalue weighted by atomic mass is 16.5. The number of ether oxygens (including phenoxy) is 1. The molecule has 78 valence electrons. The number of rotatable bonds is 5. The Bertz CT molecular complexity index is 257. The largest absolute Gasteiger partial charge is 0.468 e. The first-order valence-electron chi connectivity index (χ1n) is 4.94. The molecule has 1 aromatic rings. The molecule has 4 nitrogen and oxygen atoms in total. The molecule has 2 rings (SSSR count). The van der Waals surface area contributed by atoms with Crippen LogP contribution in [0.2, 0.25) is 0 Å². The van der Waals surface area contributed by atoms with Crippen molar-refractivity contribution in [3.8, 4) is 0 Å². The third-order valence-electron chi connectivity index (χ3n) is 2.49. The molecule has 0 bridgehead atoms. The maximum Gasteiger partial charge on any atom is 0.117 e. The van der Waals surface area contributed by atoms with Gasteiger partial charge in [-0.05, 0) is 12.1 Å². The summed E-state index contributed by atoms with van der Waals surface area (Å²) in [5, 5.41) is 0. The summed E-state index contributed by atoms with van der Waals surface area (Å²) in [4.78, 5) is 2.31. The average molecular weight is 196 g/mol. The van der Waals surface area contributed by atoms with Crippen LogP contribution in [0.5, 0.6) is 0 Å². The van der Waals surface area contributed by atoms with Gasteiger partial charge in [-0.3, -0.25) is 4.90 Å². The van der Waals surface area contributed by atoms with Gasteiger partial charge in [0.05, 0.1) is 32.1 Å². The first-order chi connectivity index (χ1) is 6.90. The van der Waals surface area contributed by atoms with E-state index < -0.39 is 0 Å². The molecule has 2 heterocycles. The summed E-state index contributed by atoms with van der Waals surface area (Å²) in [5.74, 6) is 0.991. The Labute approximate surface area is 83.6 Å². The number of hydrogen-bond acceptors (Lipinski definition) is 4. The van der Waals surface area contributed by atoms with E-state index in [-0.39, 0.29) is 0 Å². The number of nitrogens with zero attached hydrogens (tertiary/aromatic N) is 1. The Morgan fingerprint density at radius 2 is 2.36 bits per heavy atom. The van der Waals surface area contributed by atoms with E-state index >= 15 is 0 Å². The standard InChI is InChI=1S/C10H16N2O2/c11-3-4-12(9-7-13-8-9)6-10-2-1-5-14-10/h1-2,5,9H,3-4,6-8,11H2. The van der Waals surface area contributed by atoms with Crippen molar-refractivity contribution in [2.45, 2.75) is 12.6 Å². The van der Waals surface area contributed by atoms with Gasteiger partial charge >= 0.3 is 0 Å². The van der Waals surface area contributed by atoms with Crippen LogP contribution in [0.25, 0.3) is 0 Å². The molecule has 0 unspecified atom stereocenters. The molecule has 1 aliphatic rings. The summed E-state index contributed by atoms with van der Waals surface area (Å²) < 4.78 is 10.5. The lowest BCUT2D eigenvalue weighted by atomic mass is 10.2. The molecule has 1 aliphatic heterocycles. The van der Waals surface area contributed by atoms with Gasteiger partial charge < -0.3 is 14.9 Å². The van der Waals surface area contributed by atoms with Crippen LogP contribution in [-0.2, 0) is 11.3 Å². The monoisotopic (exact) mass is 196 g/mol. The van der Waals surface area contributed by atoms with Gasteiger partial charge in [-0.25, -0.2) is 0 Å². The fourth-order valence-electron chi connectivity index (χ4n) is 1.59. The second-order valence-electron chi connectivity index (χ2n) is 3.53. The normalized spacial score (nSPS) is 17.3. The molecule has 1 saturated heterocycles. The van der Waals surface area contributed by atoms with Crippen molar-refractivity contribution >= 4 is 0 Å². The highest BCUT2D eigenvalue weighted by molar-refractivity contribution is 4.98. The first-order valence-corrected chi connectivity index (χ1v) is 4.94. The van der Waals surface area contributed by atoms with Crippen molar-refractivity contribution < 1.29 is 9.15 Å². The maximum absolute atomic E-state index is 5.56. The molecule has 2 N–H and O–H groups in total. The predicted octanol–water partition coefficient (Wildman–Crippen LogP) is 0.439. The molecule has 0 aromatic carbocycles. The zero-order valence-corrected chi connectivity index (χ0v) is 8.19. The topological polar surface area (TPSA) is 51.6 Å². The molecular weight excluding hydrogens is 180 g/mol. The Morgan fingerprint density at radius 1 is 1.50 bits per heavy atom. The number of nitrogens with two attached hydrogens (primary N) is 1. The van der Waals surface area contributed by atoms with Crippen molar-refractivity contribution in [2.75, 3.05) is 26.3 Å². The smallest absolute Gasteiger partial charge is 0.117 e. The van der Waals surface area contributed by atoms with Crippen LogP contribution in [0.4, 0.5) is 0 Å². The van der Waals surface area contributed by atoms with Gasteiger partial charge in [-0.1, -0.05) is 0 Å². The molecule has 1 fully saturated rings. The van der Waals surface area contributed by atoms with Gasteiger partial charge in [0.1, 0.15) is 5.76 Å². The minimum atomic E-state index is 0.517. The molecule has 4 heteroatoms. The van der Waals surface area contributed by atoms with Crippen molar-refractivity contribution in [2.24, 2.45) is 5.73 Å². The highest BCUT2D eigenvalue weighted by Crippen LogP contribution is 2.14. The number of furan rings is 1. The third-order valence-corrected chi connectivity index (χ3v) is 2.49. The predicted molar refractivity (Wildman–Crippen MR) is 52.8 cm³/mol. The van der Waals surface area contributed by atoms with Crippen LogP contribution < -0.4 is 5.73 Å². The Hall–Kier alpha value is -0.840. The van der Waals surface area contributed by atoms with Crippen LogP contribution >= 0.6 is 0 Å². The highest BCUT2D eigenvalue weighted by Gasteiger charge is 2.25. The van der Waals surface area contributed by atoms with Gasteiger partial charge in [0.25, 0.3) is 0 Å². The van der Waals surface area contributed by atoms with Gasteiger partial charge in [0.2, 0.25) is 0 Å². The average Bonchev–Trinajstić information content (AvgIpc) is 2.54. The Balaban J connectivity index is 1.89. The van der Waals surface area contributed by atoms with Crippen molar-refractivity contribution in [3.63, 3.8) is 0 Å². The van der Waals surface area contributed by atoms with Crippen molar-refractivity contribution in [1.29, 1.82) is 0 Å². The summed E-state index contributed by atoms with van der Waals surface area (Å²) in [6.07, 6.45) is 1.70. The molecule has 0 spiro atoms. The lowest BCUT2D eigenvalue weighted by Gasteiger charge is -2.36. The van der Waals surface area contributed by atoms with E-state index in [0.29, 0.717) is 12.6 Å². The summed E-state index contributed by atoms with van der Waals surface area (Å²) in [6, 6.07) is 4.42. The van der Waals surface area contributed by atoms with Crippen molar-refractivity contribution in [3.05, 3.63) is 24.2 Å². The van der Waals surface area contributed by atoms with Crippen LogP contribution in [0.15, 0.2) is 22.8 Å². The molecule has 14 heavy (non-hydrogen) atoms. The second-order valence-corrected chi connectivity index (χ2v) is 3.53. The zero-order valence-electron chi connectivity index (χ0n) is 8.19. The van der Waals surface area contributed by atoms with Crippen LogP contribution in [0.3, 0.4) is 0 Å². The summed E-state index contributed by atoms with van der Waals surface area (Å²) in [5.41, 5.74) is 5.56. The van der Waals surface area contributed by atoms with Crippen LogP contribution in [0, 0.1) is 0 Å². The minimum absolute atomic E-state index is 0.517. The molecule has 0 amide bonds. The lowest BCUT2D eigenvalue weighted by molar-refractivity contribution is -0.0685. The fourth-order valence-corrected chi connectivity index (χ4v) is 1.59. The zero-order chi connectivity index (χ0) is 9.80. The van der Waals surface area contributed by atoms with E-state index in [1.165, 1.54) is 0 Å². The lowest BCUT2D eigenvalue weighted by Crippen LogP contribution is -2.50. The van der Waals surface area contributed by atoms with E-state index in [9.17, 15) is 0 Å². The molecule has 0 aliphatic carbocycles. The molecule has 0 radical (unpaired) electrons. The van der Waals surface area contributed by atoms with E-state index in [0.717, 1.165) is 32.1 Å². The third kappa shape index (κ3) is 2.15. The van der Waals surface area contributed by atoms with E-state index in [2.05, 4.69) is 4.90 Å². The molecule has 0 atom stereocenters. The van der Waals surface area contributed by atoms with Gasteiger partial charge in [0, 0.05) is 13.1 Å². The fraction of sp³-hybridized carbons (Fsp3) is 0.600. The maximum atomic E-state index is 5.56. The summed E-state index contributed by atoms with van der Waals surface area (Å²) >= 11 is 0. The van der Waals surface area contributed by atoms with Gasteiger partial charge in [-0.2, -0.15) is 0 Å². The van der Waals surface area contributed by atoms with Crippen LogP contribution in [0.1, 0.15) is 5.76 Å². The molecular formula is C10H16N2O2. The number of hydrogen-bond donors (Lipinski definition) is 1. The second kappa shape index (κ2) is 4.59. The summed E-state index contributed by atoms with van der Waals surface area (Å²) in [6.45, 7) is 4.05. The minimum Gasteiger partial charge on any atom is -0.468 e. The molecule has 0 saturated carbocycles. The van der Waals surface area contributed by atoms with Crippen LogP contribution in [-0.4, -0.2) is 37.2 Å². The first kappa shape index (κ1) is 9.71. The van der Waals surface area contributed by atoms with E-state index in [4.69, 9.17) is 14.9 Å². The quantitative estimate of drug-likeness (QED) is 0.742.